The molecule has 0 aliphatic carbocycles. The quantitative estimate of drug-likeness (QED) is 0.849. The molecule has 2 aromatic rings. The van der Waals surface area contributed by atoms with Crippen LogP contribution in [0.2, 0.25) is 0 Å². The zero-order chi connectivity index (χ0) is 12.1. The van der Waals surface area contributed by atoms with Gasteiger partial charge in [0.1, 0.15) is 5.78 Å². The van der Waals surface area contributed by atoms with E-state index < -0.39 is 0 Å². The van der Waals surface area contributed by atoms with Gasteiger partial charge in [-0.05, 0) is 17.7 Å². The fourth-order valence-corrected chi connectivity index (χ4v) is 1.86. The van der Waals surface area contributed by atoms with Crippen molar-refractivity contribution in [1.29, 1.82) is 0 Å². The Bertz CT molecular complexity index is 477. The number of hydrogen-bond acceptors (Lipinski definition) is 2. The van der Waals surface area contributed by atoms with Crippen LogP contribution in [0.25, 0.3) is 0 Å². The van der Waals surface area contributed by atoms with Crippen LogP contribution in [0, 0.1) is 0 Å². The van der Waals surface area contributed by atoms with E-state index in [1.807, 2.05) is 35.0 Å². The van der Waals surface area contributed by atoms with E-state index in [4.69, 9.17) is 0 Å². The topological polar surface area (TPSA) is 34.9 Å². The minimum Gasteiger partial charge on any atom is -0.337 e. The number of hydrogen-bond donors (Lipinski definition) is 0. The van der Waals surface area contributed by atoms with Gasteiger partial charge in [-0.3, -0.25) is 4.79 Å². The third kappa shape index (κ3) is 3.82. The van der Waals surface area contributed by atoms with Gasteiger partial charge in [0, 0.05) is 36.3 Å². The highest BCUT2D eigenvalue weighted by molar-refractivity contribution is 9.10. The maximum atomic E-state index is 11.7. The van der Waals surface area contributed by atoms with Gasteiger partial charge in [0.2, 0.25) is 0 Å². The number of benzene rings is 1. The Hall–Kier alpha value is -1.42. The van der Waals surface area contributed by atoms with E-state index in [0.29, 0.717) is 19.4 Å². The van der Waals surface area contributed by atoms with Crippen LogP contribution in [-0.2, 0) is 17.8 Å². The second kappa shape index (κ2) is 5.77. The van der Waals surface area contributed by atoms with Crippen LogP contribution in [0.1, 0.15) is 12.0 Å². The summed E-state index contributed by atoms with van der Waals surface area (Å²) < 4.78 is 2.95. The standard InChI is InChI=1S/C13H13BrN2O/c14-12-3-1-11(2-4-12)9-13(17)5-7-16-8-6-15-10-16/h1-4,6,8,10H,5,7,9H2. The minimum absolute atomic E-state index is 0.251. The normalized spacial score (nSPS) is 10.4. The number of carbonyl (C=O) groups is 1. The molecule has 1 aromatic heterocycles. The van der Waals surface area contributed by atoms with Crippen molar-refractivity contribution < 1.29 is 4.79 Å². The monoisotopic (exact) mass is 292 g/mol. The van der Waals surface area contributed by atoms with Crippen LogP contribution >= 0.6 is 15.9 Å². The van der Waals surface area contributed by atoms with Crippen LogP contribution < -0.4 is 0 Å². The van der Waals surface area contributed by atoms with Crippen molar-refractivity contribution in [2.45, 2.75) is 19.4 Å². The second-order valence-corrected chi connectivity index (χ2v) is 4.81. The molecule has 0 amide bonds. The van der Waals surface area contributed by atoms with Gasteiger partial charge in [-0.2, -0.15) is 0 Å². The Morgan fingerprint density at radius 3 is 2.71 bits per heavy atom. The maximum absolute atomic E-state index is 11.7. The van der Waals surface area contributed by atoms with Gasteiger partial charge in [0.25, 0.3) is 0 Å². The number of halogens is 1. The van der Waals surface area contributed by atoms with Crippen molar-refractivity contribution >= 4 is 21.7 Å². The number of rotatable bonds is 5. The molecule has 3 nitrogen and oxygen atoms in total. The SMILES string of the molecule is O=C(CCn1ccnc1)Cc1ccc(Br)cc1. The van der Waals surface area contributed by atoms with E-state index in [-0.39, 0.29) is 5.78 Å². The van der Waals surface area contributed by atoms with Crippen molar-refractivity contribution in [2.24, 2.45) is 0 Å². The van der Waals surface area contributed by atoms with Gasteiger partial charge in [-0.15, -0.1) is 0 Å². The van der Waals surface area contributed by atoms with E-state index in [9.17, 15) is 4.79 Å². The van der Waals surface area contributed by atoms with Gasteiger partial charge in [-0.1, -0.05) is 28.1 Å². The molecule has 1 heterocycles. The molecule has 0 bridgehead atoms. The van der Waals surface area contributed by atoms with E-state index >= 15 is 0 Å². The summed E-state index contributed by atoms with van der Waals surface area (Å²) in [5.41, 5.74) is 1.06. The highest BCUT2D eigenvalue weighted by Crippen LogP contribution is 2.11. The summed E-state index contributed by atoms with van der Waals surface area (Å²) in [5.74, 6) is 0.251. The highest BCUT2D eigenvalue weighted by Gasteiger charge is 2.04. The summed E-state index contributed by atoms with van der Waals surface area (Å²) in [7, 11) is 0. The number of Topliss-reactive ketones (excluding diaryl/α,β-unsaturated/α-hetero) is 1. The minimum atomic E-state index is 0.251. The Morgan fingerprint density at radius 2 is 2.06 bits per heavy atom. The number of carbonyl (C=O) groups excluding carboxylic acids is 1. The van der Waals surface area contributed by atoms with Gasteiger partial charge >= 0.3 is 0 Å². The van der Waals surface area contributed by atoms with Gasteiger partial charge in [0.05, 0.1) is 6.33 Å². The number of ketones is 1. The summed E-state index contributed by atoms with van der Waals surface area (Å²) in [6.45, 7) is 0.704. The van der Waals surface area contributed by atoms with Crippen LogP contribution in [0.4, 0.5) is 0 Å². The molecule has 0 unspecified atom stereocenters. The molecule has 0 fully saturated rings. The van der Waals surface area contributed by atoms with E-state index in [2.05, 4.69) is 20.9 Å². The first-order valence-electron chi connectivity index (χ1n) is 5.46. The maximum Gasteiger partial charge on any atom is 0.139 e. The molecule has 0 aliphatic heterocycles. The number of imidazole rings is 1. The zero-order valence-electron chi connectivity index (χ0n) is 9.34. The smallest absolute Gasteiger partial charge is 0.139 e. The van der Waals surface area contributed by atoms with Crippen molar-refractivity contribution in [3.63, 3.8) is 0 Å². The van der Waals surface area contributed by atoms with Crippen molar-refractivity contribution in [3.05, 3.63) is 53.0 Å². The number of nitrogens with zero attached hydrogens (tertiary/aromatic N) is 2. The fourth-order valence-electron chi connectivity index (χ4n) is 1.59. The number of aromatic nitrogens is 2. The number of aryl methyl sites for hydroxylation is 1. The van der Waals surface area contributed by atoms with Gasteiger partial charge in [0.15, 0.2) is 0 Å². The molecule has 17 heavy (non-hydrogen) atoms. The molecule has 0 saturated carbocycles. The highest BCUT2D eigenvalue weighted by atomic mass is 79.9. The van der Waals surface area contributed by atoms with Crippen molar-refractivity contribution in [2.75, 3.05) is 0 Å². The molecular formula is C13H13BrN2O. The Balaban J connectivity index is 1.83. The third-order valence-electron chi connectivity index (χ3n) is 2.52. The average molecular weight is 293 g/mol. The van der Waals surface area contributed by atoms with Crippen molar-refractivity contribution in [1.82, 2.24) is 9.55 Å². The lowest BCUT2D eigenvalue weighted by Gasteiger charge is -2.02. The Kier molecular flexibility index (Phi) is 4.09. The van der Waals surface area contributed by atoms with Crippen LogP contribution in [0.3, 0.4) is 0 Å². The van der Waals surface area contributed by atoms with Crippen LogP contribution in [0.5, 0.6) is 0 Å². The second-order valence-electron chi connectivity index (χ2n) is 3.89. The predicted molar refractivity (Wildman–Crippen MR) is 69.7 cm³/mol. The molecular weight excluding hydrogens is 280 g/mol. The third-order valence-corrected chi connectivity index (χ3v) is 3.05. The largest absolute Gasteiger partial charge is 0.337 e. The molecule has 4 heteroatoms. The first kappa shape index (κ1) is 12.0. The van der Waals surface area contributed by atoms with Gasteiger partial charge in [-0.25, -0.2) is 4.98 Å². The van der Waals surface area contributed by atoms with Crippen LogP contribution in [0.15, 0.2) is 47.5 Å². The summed E-state index contributed by atoms with van der Waals surface area (Å²) in [6.07, 6.45) is 6.37. The molecule has 0 radical (unpaired) electrons. The molecule has 0 aliphatic rings. The van der Waals surface area contributed by atoms with Crippen molar-refractivity contribution in [3.8, 4) is 0 Å². The van der Waals surface area contributed by atoms with Crippen LogP contribution in [-0.4, -0.2) is 15.3 Å². The summed E-state index contributed by atoms with van der Waals surface area (Å²) in [4.78, 5) is 15.7. The average Bonchev–Trinajstić information content (AvgIpc) is 2.83. The molecule has 0 N–H and O–H groups in total. The van der Waals surface area contributed by atoms with E-state index in [1.54, 1.807) is 12.5 Å². The summed E-state index contributed by atoms with van der Waals surface area (Å²) >= 11 is 3.37. The molecule has 2 rings (SSSR count). The summed E-state index contributed by atoms with van der Waals surface area (Å²) in [5, 5.41) is 0. The Morgan fingerprint density at radius 1 is 1.29 bits per heavy atom. The van der Waals surface area contributed by atoms with E-state index in [0.717, 1.165) is 10.0 Å². The fraction of sp³-hybridized carbons (Fsp3) is 0.231. The lowest BCUT2D eigenvalue weighted by Crippen LogP contribution is -2.07. The first-order chi connectivity index (χ1) is 8.24. The molecule has 0 atom stereocenters. The lowest BCUT2D eigenvalue weighted by atomic mass is 10.1. The summed E-state index contributed by atoms with van der Waals surface area (Å²) in [6, 6.07) is 7.86. The lowest BCUT2D eigenvalue weighted by molar-refractivity contribution is -0.118. The zero-order valence-corrected chi connectivity index (χ0v) is 10.9. The first-order valence-corrected chi connectivity index (χ1v) is 6.25. The predicted octanol–water partition coefficient (Wildman–Crippen LogP) is 2.85. The molecule has 1 aromatic carbocycles. The van der Waals surface area contributed by atoms with E-state index in [1.165, 1.54) is 0 Å². The van der Waals surface area contributed by atoms with Gasteiger partial charge < -0.3 is 4.57 Å². The molecule has 0 spiro atoms. The molecule has 0 saturated heterocycles. The Labute approximate surface area is 109 Å². The molecule has 88 valence electrons.